The van der Waals surface area contributed by atoms with Crippen molar-refractivity contribution in [1.82, 2.24) is 15.3 Å². The Labute approximate surface area is 160 Å². The molecule has 27 heavy (non-hydrogen) atoms. The summed E-state index contributed by atoms with van der Waals surface area (Å²) in [7, 11) is 3.96. The number of nitrogens with zero attached hydrogens (tertiary/aromatic N) is 3. The fourth-order valence-corrected chi connectivity index (χ4v) is 3.39. The minimum Gasteiger partial charge on any atom is -0.381 e. The zero-order valence-electron chi connectivity index (χ0n) is 16.5. The van der Waals surface area contributed by atoms with Crippen molar-refractivity contribution in [2.24, 2.45) is 0 Å². The smallest absolute Gasteiger partial charge is 0.251 e. The summed E-state index contributed by atoms with van der Waals surface area (Å²) in [6.07, 6.45) is 3.58. The molecule has 0 saturated heterocycles. The molecule has 0 aliphatic heterocycles. The number of rotatable bonds is 5. The van der Waals surface area contributed by atoms with Gasteiger partial charge in [0.25, 0.3) is 5.91 Å². The van der Waals surface area contributed by atoms with Crippen LogP contribution in [0.4, 0.5) is 11.8 Å². The van der Waals surface area contributed by atoms with Crippen molar-refractivity contribution >= 4 is 28.6 Å². The summed E-state index contributed by atoms with van der Waals surface area (Å²) in [5.41, 5.74) is -0.416. The van der Waals surface area contributed by atoms with Crippen LogP contribution < -0.4 is 15.5 Å². The normalized spacial score (nSPS) is 20.3. The molecular weight excluding hydrogens is 342 g/mol. The van der Waals surface area contributed by atoms with Crippen LogP contribution in [0.1, 0.15) is 39.5 Å². The van der Waals surface area contributed by atoms with Crippen molar-refractivity contribution in [2.45, 2.75) is 57.2 Å². The number of anilines is 2. The molecule has 0 atom stereocenters. The number of hydrogen-bond donors (Lipinski definition) is 3. The molecule has 0 radical (unpaired) electrons. The topological polar surface area (TPSA) is 90.4 Å². The summed E-state index contributed by atoms with van der Waals surface area (Å²) in [6, 6.07) is 8.39. The van der Waals surface area contributed by atoms with Crippen LogP contribution in [-0.4, -0.2) is 52.8 Å². The van der Waals surface area contributed by atoms with Gasteiger partial charge in [-0.15, -0.1) is 0 Å². The number of para-hydroxylation sites is 1. The highest BCUT2D eigenvalue weighted by Crippen LogP contribution is 2.26. The zero-order chi connectivity index (χ0) is 19.6. The first-order valence-electron chi connectivity index (χ1n) is 9.48. The van der Waals surface area contributed by atoms with Crippen LogP contribution in [0.15, 0.2) is 24.3 Å². The number of fused-ring (bicyclic) bond motifs is 1. The number of carbonyl (C=O) groups excluding carboxylic acids is 1. The number of aromatic nitrogens is 2. The Bertz CT molecular complexity index is 808. The molecule has 1 heterocycles. The Morgan fingerprint density at radius 2 is 1.74 bits per heavy atom. The average molecular weight is 371 g/mol. The van der Waals surface area contributed by atoms with E-state index in [1.807, 2.05) is 43.3 Å². The Balaban J connectivity index is 1.65. The maximum absolute atomic E-state index is 11.9. The molecule has 0 spiro atoms. The number of aliphatic hydroxyl groups is 1. The Morgan fingerprint density at radius 1 is 1.11 bits per heavy atom. The van der Waals surface area contributed by atoms with Gasteiger partial charge in [0.15, 0.2) is 0 Å². The van der Waals surface area contributed by atoms with E-state index in [9.17, 15) is 9.90 Å². The molecule has 7 heteroatoms. The van der Waals surface area contributed by atoms with Crippen molar-refractivity contribution < 1.29 is 9.90 Å². The van der Waals surface area contributed by atoms with Gasteiger partial charge in [-0.05, 0) is 51.7 Å². The zero-order valence-corrected chi connectivity index (χ0v) is 16.5. The van der Waals surface area contributed by atoms with Gasteiger partial charge in [-0.2, -0.15) is 4.98 Å². The first-order chi connectivity index (χ1) is 12.7. The van der Waals surface area contributed by atoms with Gasteiger partial charge >= 0.3 is 0 Å². The summed E-state index contributed by atoms with van der Waals surface area (Å²) < 4.78 is 0. The molecular formula is C20H29N5O2. The van der Waals surface area contributed by atoms with Crippen LogP contribution in [0.2, 0.25) is 0 Å². The highest BCUT2D eigenvalue weighted by Gasteiger charge is 2.29. The molecule has 1 fully saturated rings. The molecule has 1 aliphatic carbocycles. The fraction of sp³-hybridized carbons (Fsp3) is 0.550. The fourth-order valence-electron chi connectivity index (χ4n) is 3.39. The minimum atomic E-state index is -1.34. The van der Waals surface area contributed by atoms with Gasteiger partial charge in [0.2, 0.25) is 5.95 Å². The lowest BCUT2D eigenvalue weighted by molar-refractivity contribution is -0.137. The first kappa shape index (κ1) is 19.4. The number of benzene rings is 1. The van der Waals surface area contributed by atoms with Gasteiger partial charge in [-0.1, -0.05) is 12.1 Å². The molecule has 1 amide bonds. The molecule has 3 N–H and O–H groups in total. The summed E-state index contributed by atoms with van der Waals surface area (Å²) in [5, 5.41) is 17.2. The van der Waals surface area contributed by atoms with Crippen molar-refractivity contribution in [3.05, 3.63) is 24.3 Å². The standard InChI is InChI=1S/C20H29N5O2/c1-20(2,27)18(26)21-13-9-11-14(12-10-13)22-19-23-16-8-6-5-7-15(16)17(24-19)25(3)4/h5-8,13-14,27H,9-12H2,1-4H3,(H,21,26)(H,22,23,24). The van der Waals surface area contributed by atoms with E-state index >= 15 is 0 Å². The van der Waals surface area contributed by atoms with Gasteiger partial charge in [-0.3, -0.25) is 4.79 Å². The third-order valence-corrected chi connectivity index (χ3v) is 4.96. The number of amides is 1. The Hall–Kier alpha value is -2.41. The third kappa shape index (κ3) is 4.66. The molecule has 1 saturated carbocycles. The quantitative estimate of drug-likeness (QED) is 0.747. The van der Waals surface area contributed by atoms with E-state index in [1.165, 1.54) is 13.8 Å². The van der Waals surface area contributed by atoms with Crippen LogP contribution >= 0.6 is 0 Å². The predicted octanol–water partition coefficient (Wildman–Crippen LogP) is 2.31. The average Bonchev–Trinajstić information content (AvgIpc) is 2.61. The van der Waals surface area contributed by atoms with Gasteiger partial charge in [-0.25, -0.2) is 4.98 Å². The van der Waals surface area contributed by atoms with Crippen LogP contribution in [0.3, 0.4) is 0 Å². The maximum Gasteiger partial charge on any atom is 0.251 e. The maximum atomic E-state index is 11.9. The number of nitrogens with one attached hydrogen (secondary N) is 2. The van der Waals surface area contributed by atoms with Gasteiger partial charge in [0.05, 0.1) is 5.52 Å². The minimum absolute atomic E-state index is 0.108. The second-order valence-corrected chi connectivity index (χ2v) is 8.01. The molecule has 146 valence electrons. The van der Waals surface area contributed by atoms with Crippen LogP contribution in [-0.2, 0) is 4.79 Å². The van der Waals surface area contributed by atoms with Gasteiger partial charge < -0.3 is 20.6 Å². The Kier molecular flexibility index (Phi) is 5.51. The molecule has 1 aromatic carbocycles. The van der Waals surface area contributed by atoms with E-state index in [1.54, 1.807) is 0 Å². The van der Waals surface area contributed by atoms with E-state index < -0.39 is 5.60 Å². The number of hydrogen-bond acceptors (Lipinski definition) is 6. The SMILES string of the molecule is CN(C)c1nc(NC2CCC(NC(=O)C(C)(C)O)CC2)nc2ccccc12. The van der Waals surface area contributed by atoms with E-state index in [-0.39, 0.29) is 18.0 Å². The Morgan fingerprint density at radius 3 is 2.37 bits per heavy atom. The first-order valence-corrected chi connectivity index (χ1v) is 9.48. The summed E-state index contributed by atoms with van der Waals surface area (Å²) >= 11 is 0. The van der Waals surface area contributed by atoms with E-state index in [0.29, 0.717) is 5.95 Å². The summed E-state index contributed by atoms with van der Waals surface area (Å²) in [6.45, 7) is 3.02. The molecule has 3 rings (SSSR count). The second kappa shape index (κ2) is 7.68. The van der Waals surface area contributed by atoms with Crippen LogP contribution in [0.5, 0.6) is 0 Å². The van der Waals surface area contributed by atoms with E-state index in [4.69, 9.17) is 4.98 Å². The lowest BCUT2D eigenvalue weighted by Gasteiger charge is -2.31. The highest BCUT2D eigenvalue weighted by molar-refractivity contribution is 5.90. The molecule has 0 unspecified atom stereocenters. The van der Waals surface area contributed by atoms with Gasteiger partial charge in [0.1, 0.15) is 11.4 Å². The highest BCUT2D eigenvalue weighted by atomic mass is 16.3. The molecule has 2 aromatic rings. The van der Waals surface area contributed by atoms with Crippen LogP contribution in [0, 0.1) is 0 Å². The second-order valence-electron chi connectivity index (χ2n) is 8.01. The monoisotopic (exact) mass is 371 g/mol. The predicted molar refractivity (Wildman–Crippen MR) is 108 cm³/mol. The summed E-state index contributed by atoms with van der Waals surface area (Å²) in [4.78, 5) is 23.3. The van der Waals surface area contributed by atoms with Crippen molar-refractivity contribution in [2.75, 3.05) is 24.3 Å². The van der Waals surface area contributed by atoms with E-state index in [2.05, 4.69) is 15.6 Å². The molecule has 7 nitrogen and oxygen atoms in total. The molecule has 1 aromatic heterocycles. The van der Waals surface area contributed by atoms with Crippen LogP contribution in [0.25, 0.3) is 10.9 Å². The van der Waals surface area contributed by atoms with Crippen molar-refractivity contribution in [3.8, 4) is 0 Å². The number of carbonyl (C=O) groups is 1. The van der Waals surface area contributed by atoms with E-state index in [0.717, 1.165) is 42.4 Å². The van der Waals surface area contributed by atoms with Crippen molar-refractivity contribution in [3.63, 3.8) is 0 Å². The molecule has 0 bridgehead atoms. The van der Waals surface area contributed by atoms with Crippen molar-refractivity contribution in [1.29, 1.82) is 0 Å². The largest absolute Gasteiger partial charge is 0.381 e. The third-order valence-electron chi connectivity index (χ3n) is 4.96. The molecule has 1 aliphatic rings. The summed E-state index contributed by atoms with van der Waals surface area (Å²) in [5.74, 6) is 1.23. The lowest BCUT2D eigenvalue weighted by atomic mass is 9.90. The lowest BCUT2D eigenvalue weighted by Crippen LogP contribution is -2.48. The van der Waals surface area contributed by atoms with Gasteiger partial charge in [0, 0.05) is 31.6 Å².